The van der Waals surface area contributed by atoms with Crippen LogP contribution in [0.2, 0.25) is 5.15 Å². The largest absolute Gasteiger partial charge is 0.375 e. The number of anilines is 1. The predicted molar refractivity (Wildman–Crippen MR) is 61.9 cm³/mol. The van der Waals surface area contributed by atoms with Crippen molar-refractivity contribution in [2.75, 3.05) is 5.32 Å². The monoisotopic (exact) mass is 275 g/mol. The molecule has 0 amide bonds. The summed E-state index contributed by atoms with van der Waals surface area (Å²) in [5.41, 5.74) is -0.131. The molecule has 18 heavy (non-hydrogen) atoms. The van der Waals surface area contributed by atoms with E-state index in [1.807, 2.05) is 0 Å². The van der Waals surface area contributed by atoms with Gasteiger partial charge in [0.1, 0.15) is 16.8 Å². The first-order valence-corrected chi connectivity index (χ1v) is 5.41. The summed E-state index contributed by atoms with van der Waals surface area (Å²) in [7, 11) is 1.69. The Kier molecular flexibility index (Phi) is 3.47. The summed E-state index contributed by atoms with van der Waals surface area (Å²) in [5.74, 6) is -2.66. The molecule has 3 nitrogen and oxygen atoms in total. The van der Waals surface area contributed by atoms with E-state index in [2.05, 4.69) is 10.3 Å². The van der Waals surface area contributed by atoms with E-state index in [9.17, 15) is 13.2 Å². The van der Waals surface area contributed by atoms with Gasteiger partial charge in [0.15, 0.2) is 11.6 Å². The molecule has 2 aromatic rings. The normalized spacial score (nSPS) is 10.7. The summed E-state index contributed by atoms with van der Waals surface area (Å²) >= 11 is 5.78. The van der Waals surface area contributed by atoms with E-state index in [4.69, 9.17) is 11.6 Å². The summed E-state index contributed by atoms with van der Waals surface area (Å²) in [6.07, 6.45) is 1.44. The van der Waals surface area contributed by atoms with E-state index in [0.717, 1.165) is 6.07 Å². The molecule has 0 saturated carbocycles. The van der Waals surface area contributed by atoms with Crippen molar-refractivity contribution in [3.63, 3.8) is 0 Å². The van der Waals surface area contributed by atoms with E-state index in [1.165, 1.54) is 6.20 Å². The lowest BCUT2D eigenvalue weighted by Crippen LogP contribution is -2.08. The lowest BCUT2D eigenvalue weighted by molar-refractivity contribution is 0.496. The van der Waals surface area contributed by atoms with Gasteiger partial charge in [-0.2, -0.15) is 0 Å². The highest BCUT2D eigenvalue weighted by Crippen LogP contribution is 2.19. The van der Waals surface area contributed by atoms with Gasteiger partial charge in [-0.3, -0.25) is 0 Å². The van der Waals surface area contributed by atoms with Crippen molar-refractivity contribution in [1.82, 2.24) is 9.55 Å². The molecule has 1 aromatic carbocycles. The minimum atomic E-state index is -1.22. The molecule has 0 radical (unpaired) electrons. The first-order valence-electron chi connectivity index (χ1n) is 5.03. The van der Waals surface area contributed by atoms with Crippen LogP contribution in [0.1, 0.15) is 5.82 Å². The molecule has 0 bridgehead atoms. The minimum Gasteiger partial charge on any atom is -0.375 e. The molecule has 1 N–H and O–H groups in total. The third kappa shape index (κ3) is 2.43. The van der Waals surface area contributed by atoms with Crippen LogP contribution in [0.15, 0.2) is 18.3 Å². The molecular formula is C11H9ClF3N3. The maximum atomic E-state index is 13.3. The highest BCUT2D eigenvalue weighted by Gasteiger charge is 2.10. The van der Waals surface area contributed by atoms with E-state index in [-0.39, 0.29) is 12.2 Å². The first kappa shape index (κ1) is 12.8. The van der Waals surface area contributed by atoms with E-state index < -0.39 is 17.5 Å². The number of aromatic nitrogens is 2. The molecule has 1 aromatic heterocycles. The zero-order valence-electron chi connectivity index (χ0n) is 9.35. The number of hydrogen-bond acceptors (Lipinski definition) is 2. The van der Waals surface area contributed by atoms with Gasteiger partial charge in [-0.15, -0.1) is 0 Å². The number of nitrogens with zero attached hydrogens (tertiary/aromatic N) is 2. The fourth-order valence-electron chi connectivity index (χ4n) is 1.42. The van der Waals surface area contributed by atoms with Gasteiger partial charge in [0, 0.05) is 19.2 Å². The van der Waals surface area contributed by atoms with Crippen LogP contribution in [0.3, 0.4) is 0 Å². The van der Waals surface area contributed by atoms with Gasteiger partial charge in [0.2, 0.25) is 0 Å². The van der Waals surface area contributed by atoms with Gasteiger partial charge < -0.3 is 9.88 Å². The molecule has 0 aliphatic carbocycles. The number of nitrogens with one attached hydrogen (secondary N) is 1. The van der Waals surface area contributed by atoms with Gasteiger partial charge in [-0.05, 0) is 0 Å². The van der Waals surface area contributed by atoms with Crippen molar-refractivity contribution >= 4 is 17.3 Å². The first-order chi connectivity index (χ1) is 8.49. The van der Waals surface area contributed by atoms with Crippen LogP contribution in [-0.2, 0) is 13.6 Å². The van der Waals surface area contributed by atoms with Crippen LogP contribution in [0, 0.1) is 17.5 Å². The quantitative estimate of drug-likeness (QED) is 0.873. The number of rotatable bonds is 3. The molecule has 2 rings (SSSR count). The average Bonchev–Trinajstić information content (AvgIpc) is 2.63. The fourth-order valence-corrected chi connectivity index (χ4v) is 1.57. The Morgan fingerprint density at radius 3 is 2.50 bits per heavy atom. The number of hydrogen-bond donors (Lipinski definition) is 1. The lowest BCUT2D eigenvalue weighted by Gasteiger charge is -2.08. The average molecular weight is 276 g/mol. The summed E-state index contributed by atoms with van der Waals surface area (Å²) in [4.78, 5) is 3.98. The Morgan fingerprint density at radius 2 is 1.89 bits per heavy atom. The Labute approximate surface area is 106 Å². The van der Waals surface area contributed by atoms with E-state index >= 15 is 0 Å². The van der Waals surface area contributed by atoms with Crippen molar-refractivity contribution in [2.24, 2.45) is 7.05 Å². The van der Waals surface area contributed by atoms with Crippen LogP contribution >= 0.6 is 11.6 Å². The zero-order valence-corrected chi connectivity index (χ0v) is 10.1. The lowest BCUT2D eigenvalue weighted by atomic mass is 10.3. The van der Waals surface area contributed by atoms with Crippen molar-refractivity contribution in [3.8, 4) is 0 Å². The molecule has 0 aliphatic heterocycles. The molecule has 0 aliphatic rings. The van der Waals surface area contributed by atoms with Crippen LogP contribution < -0.4 is 5.32 Å². The Morgan fingerprint density at radius 1 is 1.22 bits per heavy atom. The molecular weight excluding hydrogens is 267 g/mol. The van der Waals surface area contributed by atoms with E-state index in [0.29, 0.717) is 17.0 Å². The summed E-state index contributed by atoms with van der Waals surface area (Å²) in [6, 6.07) is 1.25. The number of benzene rings is 1. The SMILES string of the molecule is Cn1c(Cl)cnc1CNc1cc(F)c(F)cc1F. The highest BCUT2D eigenvalue weighted by atomic mass is 35.5. The second-order valence-corrected chi connectivity index (χ2v) is 4.04. The van der Waals surface area contributed by atoms with Crippen LogP contribution in [0.5, 0.6) is 0 Å². The Bertz CT molecular complexity index is 583. The molecule has 0 spiro atoms. The van der Waals surface area contributed by atoms with Crippen LogP contribution in [0.4, 0.5) is 18.9 Å². The van der Waals surface area contributed by atoms with Gasteiger partial charge in [-0.25, -0.2) is 18.2 Å². The summed E-state index contributed by atoms with van der Waals surface area (Å²) in [6.45, 7) is 0.144. The Hall–Kier alpha value is -1.69. The number of imidazole rings is 1. The maximum absolute atomic E-state index is 13.3. The fraction of sp³-hybridized carbons (Fsp3) is 0.182. The van der Waals surface area contributed by atoms with Gasteiger partial charge in [0.25, 0.3) is 0 Å². The van der Waals surface area contributed by atoms with E-state index in [1.54, 1.807) is 11.6 Å². The molecule has 7 heteroatoms. The topological polar surface area (TPSA) is 29.9 Å². The summed E-state index contributed by atoms with van der Waals surface area (Å²) in [5, 5.41) is 3.06. The highest BCUT2D eigenvalue weighted by molar-refractivity contribution is 6.29. The molecule has 1 heterocycles. The standard InChI is InChI=1S/C11H9ClF3N3/c1-18-10(12)4-17-11(18)5-16-9-3-7(14)6(13)2-8(9)15/h2-4,16H,5H2,1H3. The molecule has 0 fully saturated rings. The van der Waals surface area contributed by atoms with Gasteiger partial charge >= 0.3 is 0 Å². The van der Waals surface area contributed by atoms with Crippen molar-refractivity contribution in [3.05, 3.63) is 46.8 Å². The molecule has 0 atom stereocenters. The Balaban J connectivity index is 2.16. The zero-order chi connectivity index (χ0) is 13.3. The van der Waals surface area contributed by atoms with Crippen LogP contribution in [-0.4, -0.2) is 9.55 Å². The minimum absolute atomic E-state index is 0.131. The maximum Gasteiger partial charge on any atom is 0.161 e. The summed E-state index contributed by atoms with van der Waals surface area (Å²) < 4.78 is 40.6. The van der Waals surface area contributed by atoms with Crippen molar-refractivity contribution < 1.29 is 13.2 Å². The molecule has 0 saturated heterocycles. The number of halogens is 4. The van der Waals surface area contributed by atoms with Gasteiger partial charge in [-0.1, -0.05) is 11.6 Å². The molecule has 96 valence electrons. The molecule has 0 unspecified atom stereocenters. The second kappa shape index (κ2) is 4.89. The van der Waals surface area contributed by atoms with Crippen molar-refractivity contribution in [1.29, 1.82) is 0 Å². The third-order valence-electron chi connectivity index (χ3n) is 2.47. The second-order valence-electron chi connectivity index (χ2n) is 3.66. The third-order valence-corrected chi connectivity index (χ3v) is 2.83. The predicted octanol–water partition coefficient (Wildman–Crippen LogP) is 3.10. The van der Waals surface area contributed by atoms with Gasteiger partial charge in [0.05, 0.1) is 18.4 Å². The smallest absolute Gasteiger partial charge is 0.161 e. The van der Waals surface area contributed by atoms with Crippen molar-refractivity contribution in [2.45, 2.75) is 6.54 Å². The van der Waals surface area contributed by atoms with Crippen LogP contribution in [0.25, 0.3) is 0 Å².